The van der Waals surface area contributed by atoms with Crippen LogP contribution in [0.25, 0.3) is 6.08 Å². The number of benzene rings is 3. The molecule has 3 aromatic carbocycles. The van der Waals surface area contributed by atoms with Crippen LogP contribution < -0.4 is 23.7 Å². The topological polar surface area (TPSA) is 102 Å². The molecular weight excluding hydrogens is 626 g/mol. The van der Waals surface area contributed by atoms with Gasteiger partial charge in [0, 0.05) is 15.6 Å². The molecule has 0 aliphatic carbocycles. The lowest BCUT2D eigenvalue weighted by Crippen LogP contribution is -2.11. The van der Waals surface area contributed by atoms with Crippen molar-refractivity contribution in [3.05, 3.63) is 79.9 Å². The Hall–Kier alpha value is -3.83. The third kappa shape index (κ3) is 5.68. The molecule has 0 radical (unpaired) electrons. The number of cyclic esters (lactones) is 1. The van der Waals surface area contributed by atoms with Gasteiger partial charge in [0.15, 0.2) is 22.9 Å². The van der Waals surface area contributed by atoms with Crippen LogP contribution in [-0.2, 0) is 9.53 Å². The highest BCUT2D eigenvalue weighted by Gasteiger charge is 2.26. The SMILES string of the molecule is COc1cccc(C2=NC(=Cc3cc(Br)cc(Br)c3OC(=O)c3cc(OC)c(OC)c(OC)c3)C(=O)O2)c1. The number of hydrogen-bond donors (Lipinski definition) is 0. The zero-order valence-corrected chi connectivity index (χ0v) is 23.8. The van der Waals surface area contributed by atoms with Crippen LogP contribution in [-0.4, -0.2) is 46.3 Å². The molecule has 38 heavy (non-hydrogen) atoms. The number of carbonyl (C=O) groups excluding carboxylic acids is 2. The van der Waals surface area contributed by atoms with Crippen molar-refractivity contribution in [1.82, 2.24) is 0 Å². The van der Waals surface area contributed by atoms with Gasteiger partial charge >= 0.3 is 11.9 Å². The second-order valence-corrected chi connectivity index (χ2v) is 9.45. The van der Waals surface area contributed by atoms with E-state index >= 15 is 0 Å². The minimum atomic E-state index is -0.693. The number of hydrogen-bond acceptors (Lipinski definition) is 9. The molecule has 4 rings (SSSR count). The molecule has 0 saturated heterocycles. The molecule has 0 amide bonds. The van der Waals surface area contributed by atoms with Crippen LogP contribution in [0.3, 0.4) is 0 Å². The predicted octanol–water partition coefficient (Wildman–Crippen LogP) is 5.81. The second kappa shape index (κ2) is 11.7. The Bertz CT molecular complexity index is 1460. The minimum absolute atomic E-state index is 0.0258. The molecule has 3 aromatic rings. The Balaban J connectivity index is 1.71. The average molecular weight is 647 g/mol. The van der Waals surface area contributed by atoms with Crippen LogP contribution in [0.4, 0.5) is 0 Å². The fourth-order valence-electron chi connectivity index (χ4n) is 3.58. The van der Waals surface area contributed by atoms with Crippen LogP contribution in [0.1, 0.15) is 21.5 Å². The van der Waals surface area contributed by atoms with Crippen molar-refractivity contribution in [2.24, 2.45) is 4.99 Å². The van der Waals surface area contributed by atoms with Gasteiger partial charge < -0.3 is 28.4 Å². The molecule has 0 saturated carbocycles. The Morgan fingerprint density at radius 3 is 2.24 bits per heavy atom. The van der Waals surface area contributed by atoms with Crippen LogP contribution in [0.15, 0.2) is 68.2 Å². The minimum Gasteiger partial charge on any atom is -0.497 e. The van der Waals surface area contributed by atoms with Crippen LogP contribution >= 0.6 is 31.9 Å². The lowest BCUT2D eigenvalue weighted by Gasteiger charge is -2.15. The molecule has 1 aliphatic heterocycles. The molecule has 11 heteroatoms. The van der Waals surface area contributed by atoms with E-state index in [2.05, 4.69) is 36.9 Å². The Labute approximate surface area is 235 Å². The number of carbonyl (C=O) groups is 2. The average Bonchev–Trinajstić information content (AvgIpc) is 3.29. The molecule has 0 fully saturated rings. The number of aliphatic imine (C=N–C) groups is 1. The lowest BCUT2D eigenvalue weighted by atomic mass is 10.1. The first-order chi connectivity index (χ1) is 18.3. The Morgan fingerprint density at radius 1 is 0.895 bits per heavy atom. The molecule has 0 spiro atoms. The van der Waals surface area contributed by atoms with E-state index in [0.29, 0.717) is 43.1 Å². The maximum Gasteiger partial charge on any atom is 0.363 e. The molecule has 196 valence electrons. The van der Waals surface area contributed by atoms with Crippen molar-refractivity contribution >= 4 is 55.8 Å². The smallest absolute Gasteiger partial charge is 0.363 e. The molecule has 0 aromatic heterocycles. The largest absolute Gasteiger partial charge is 0.497 e. The first kappa shape index (κ1) is 27.2. The van der Waals surface area contributed by atoms with E-state index in [1.165, 1.54) is 39.5 Å². The summed E-state index contributed by atoms with van der Waals surface area (Å²) in [6.07, 6.45) is 1.48. The lowest BCUT2D eigenvalue weighted by molar-refractivity contribution is -0.129. The number of nitrogens with zero attached hydrogens (tertiary/aromatic N) is 1. The van der Waals surface area contributed by atoms with Gasteiger partial charge in [-0.3, -0.25) is 0 Å². The van der Waals surface area contributed by atoms with Gasteiger partial charge in [0.05, 0.1) is 38.5 Å². The van der Waals surface area contributed by atoms with E-state index in [1.807, 2.05) is 0 Å². The van der Waals surface area contributed by atoms with Gasteiger partial charge in [-0.1, -0.05) is 22.0 Å². The molecule has 0 N–H and O–H groups in total. The molecule has 1 heterocycles. The van der Waals surface area contributed by atoms with Crippen molar-refractivity contribution in [3.8, 4) is 28.7 Å². The Kier molecular flexibility index (Phi) is 8.38. The standard InChI is InChI=1S/C27H21Br2NO8/c1-33-18-7-5-6-14(9-18)25-30-20(27(32)38-25)10-15-8-17(28)13-19(29)23(15)37-26(31)16-11-21(34-2)24(36-4)22(12-16)35-3/h5-13H,1-4H3. The summed E-state index contributed by atoms with van der Waals surface area (Å²) in [5.41, 5.74) is 1.16. The second-order valence-electron chi connectivity index (χ2n) is 7.68. The van der Waals surface area contributed by atoms with Crippen LogP contribution in [0.2, 0.25) is 0 Å². The normalized spacial score (nSPS) is 13.6. The van der Waals surface area contributed by atoms with E-state index in [1.54, 1.807) is 43.5 Å². The summed E-state index contributed by atoms with van der Waals surface area (Å²) < 4.78 is 33.5. The summed E-state index contributed by atoms with van der Waals surface area (Å²) in [5, 5.41) is 0. The van der Waals surface area contributed by atoms with Crippen molar-refractivity contribution in [1.29, 1.82) is 0 Å². The first-order valence-corrected chi connectivity index (χ1v) is 12.5. The predicted molar refractivity (Wildman–Crippen MR) is 146 cm³/mol. The quantitative estimate of drug-likeness (QED) is 0.172. The van der Waals surface area contributed by atoms with Crippen molar-refractivity contribution in [3.63, 3.8) is 0 Å². The number of methoxy groups -OCH3 is 4. The molecule has 9 nitrogen and oxygen atoms in total. The summed E-state index contributed by atoms with van der Waals surface area (Å²) in [6.45, 7) is 0. The van der Waals surface area contributed by atoms with Gasteiger partial charge in [0.1, 0.15) is 5.75 Å². The van der Waals surface area contributed by atoms with Crippen molar-refractivity contribution < 1.29 is 38.0 Å². The number of esters is 2. The molecule has 1 aliphatic rings. The zero-order chi connectivity index (χ0) is 27.4. The van der Waals surface area contributed by atoms with Gasteiger partial charge in [0.25, 0.3) is 0 Å². The zero-order valence-electron chi connectivity index (χ0n) is 20.7. The van der Waals surface area contributed by atoms with Gasteiger partial charge in [-0.2, -0.15) is 0 Å². The van der Waals surface area contributed by atoms with Crippen molar-refractivity contribution in [2.45, 2.75) is 0 Å². The highest BCUT2D eigenvalue weighted by Crippen LogP contribution is 2.40. The number of rotatable bonds is 8. The van der Waals surface area contributed by atoms with Gasteiger partial charge in [-0.05, 0) is 64.5 Å². The summed E-state index contributed by atoms with van der Waals surface area (Å²) >= 11 is 6.86. The summed E-state index contributed by atoms with van der Waals surface area (Å²) in [4.78, 5) is 30.2. The van der Waals surface area contributed by atoms with Gasteiger partial charge in [0.2, 0.25) is 11.6 Å². The maximum absolute atomic E-state index is 13.2. The highest BCUT2D eigenvalue weighted by molar-refractivity contribution is 9.11. The van der Waals surface area contributed by atoms with Gasteiger partial charge in [-0.15, -0.1) is 0 Å². The third-order valence-electron chi connectivity index (χ3n) is 5.36. The summed E-state index contributed by atoms with van der Waals surface area (Å²) in [5.74, 6) is 0.472. The van der Waals surface area contributed by atoms with Crippen molar-refractivity contribution in [2.75, 3.05) is 28.4 Å². The monoisotopic (exact) mass is 645 g/mol. The number of ether oxygens (including phenoxy) is 6. The van der Waals surface area contributed by atoms with E-state index < -0.39 is 11.9 Å². The van der Waals surface area contributed by atoms with E-state index in [9.17, 15) is 9.59 Å². The summed E-state index contributed by atoms with van der Waals surface area (Å²) in [6, 6.07) is 13.3. The van der Waals surface area contributed by atoms with Crippen LogP contribution in [0, 0.1) is 0 Å². The molecule has 0 unspecified atom stereocenters. The fraction of sp³-hybridized carbons (Fsp3) is 0.148. The highest BCUT2D eigenvalue weighted by atomic mass is 79.9. The molecular formula is C27H21Br2NO8. The fourth-order valence-corrected chi connectivity index (χ4v) is 4.92. The van der Waals surface area contributed by atoms with E-state index in [-0.39, 0.29) is 22.9 Å². The Morgan fingerprint density at radius 2 is 1.61 bits per heavy atom. The van der Waals surface area contributed by atoms with E-state index in [0.717, 1.165) is 0 Å². The van der Waals surface area contributed by atoms with Gasteiger partial charge in [-0.25, -0.2) is 14.6 Å². The maximum atomic E-state index is 13.2. The first-order valence-electron chi connectivity index (χ1n) is 11.0. The number of halogens is 2. The third-order valence-corrected chi connectivity index (χ3v) is 6.41. The van der Waals surface area contributed by atoms with Crippen LogP contribution in [0.5, 0.6) is 28.7 Å². The van der Waals surface area contributed by atoms with E-state index in [4.69, 9.17) is 28.4 Å². The molecule has 0 atom stereocenters. The summed E-state index contributed by atoms with van der Waals surface area (Å²) in [7, 11) is 5.90. The molecule has 0 bridgehead atoms.